The second kappa shape index (κ2) is 5.29. The van der Waals surface area contributed by atoms with Crippen LogP contribution >= 0.6 is 0 Å². The Morgan fingerprint density at radius 1 is 1.26 bits per heavy atom. The number of hydrogen-bond acceptors (Lipinski definition) is 4. The Morgan fingerprint density at radius 2 is 2.04 bits per heavy atom. The Kier molecular flexibility index (Phi) is 3.36. The van der Waals surface area contributed by atoms with E-state index in [1.165, 1.54) is 36.0 Å². The van der Waals surface area contributed by atoms with E-state index in [-0.39, 0.29) is 6.10 Å². The van der Waals surface area contributed by atoms with Gasteiger partial charge in [0.1, 0.15) is 11.4 Å². The Labute approximate surface area is 137 Å². The summed E-state index contributed by atoms with van der Waals surface area (Å²) in [6.45, 7) is 8.04. The molecule has 4 rings (SSSR count). The van der Waals surface area contributed by atoms with Crippen molar-refractivity contribution in [1.29, 1.82) is 0 Å². The van der Waals surface area contributed by atoms with Gasteiger partial charge in [0.15, 0.2) is 6.10 Å². The molecule has 1 fully saturated rings. The van der Waals surface area contributed by atoms with E-state index < -0.39 is 5.60 Å². The zero-order chi connectivity index (χ0) is 16.0. The molecule has 0 bridgehead atoms. The summed E-state index contributed by atoms with van der Waals surface area (Å²) < 4.78 is 12.5. The molecule has 0 aromatic heterocycles. The lowest BCUT2D eigenvalue weighted by atomic mass is 10.00. The molecule has 0 radical (unpaired) electrons. The molecular formula is C19H24N2O2. The Hall–Kier alpha value is -1.97. The van der Waals surface area contributed by atoms with Crippen molar-refractivity contribution in [2.45, 2.75) is 51.7 Å². The molecule has 1 atom stereocenters. The van der Waals surface area contributed by atoms with Gasteiger partial charge in [-0.1, -0.05) is 6.07 Å². The van der Waals surface area contributed by atoms with E-state index in [1.807, 2.05) is 12.3 Å². The van der Waals surface area contributed by atoms with Crippen LogP contribution in [0.4, 0.5) is 0 Å². The fraction of sp³-hybridized carbons (Fsp3) is 0.526. The summed E-state index contributed by atoms with van der Waals surface area (Å²) >= 11 is 0. The molecule has 4 heteroatoms. The Bertz CT molecular complexity index is 691. The van der Waals surface area contributed by atoms with Crippen molar-refractivity contribution >= 4 is 6.02 Å². The third-order valence-electron chi connectivity index (χ3n) is 5.06. The van der Waals surface area contributed by atoms with Crippen LogP contribution in [0.25, 0.3) is 0 Å². The van der Waals surface area contributed by atoms with Crippen LogP contribution in [0, 0.1) is 6.92 Å². The average molecular weight is 312 g/mol. The molecule has 4 nitrogen and oxygen atoms in total. The summed E-state index contributed by atoms with van der Waals surface area (Å²) in [5.41, 5.74) is 3.74. The third kappa shape index (κ3) is 2.60. The molecule has 0 spiro atoms. The van der Waals surface area contributed by atoms with Crippen LogP contribution in [0.3, 0.4) is 0 Å². The fourth-order valence-corrected chi connectivity index (χ4v) is 3.62. The van der Waals surface area contributed by atoms with Crippen molar-refractivity contribution in [3.8, 4) is 5.75 Å². The van der Waals surface area contributed by atoms with Gasteiger partial charge in [-0.25, -0.2) is 4.99 Å². The SMILES string of the molecule is Cc1cc2c(cc1OC(C)(C)[C@@H]1CN3CC=CN=C3O1)CCC2. The average Bonchev–Trinajstić information content (AvgIpc) is 3.13. The molecule has 0 N–H and O–H groups in total. The summed E-state index contributed by atoms with van der Waals surface area (Å²) in [4.78, 5) is 6.47. The van der Waals surface area contributed by atoms with Gasteiger partial charge in [-0.15, -0.1) is 0 Å². The molecule has 23 heavy (non-hydrogen) atoms. The van der Waals surface area contributed by atoms with E-state index in [0.29, 0.717) is 0 Å². The number of aryl methyl sites for hydroxylation is 3. The van der Waals surface area contributed by atoms with Crippen molar-refractivity contribution < 1.29 is 9.47 Å². The minimum Gasteiger partial charge on any atom is -0.484 e. The first-order valence-electron chi connectivity index (χ1n) is 8.49. The Balaban J connectivity index is 1.54. The molecule has 1 aromatic carbocycles. The normalized spacial score (nSPS) is 22.5. The van der Waals surface area contributed by atoms with Gasteiger partial charge in [0, 0.05) is 12.7 Å². The van der Waals surface area contributed by atoms with Crippen LogP contribution in [0.2, 0.25) is 0 Å². The molecule has 122 valence electrons. The summed E-state index contributed by atoms with van der Waals surface area (Å²) in [5.74, 6) is 0.990. The number of fused-ring (bicyclic) bond motifs is 2. The van der Waals surface area contributed by atoms with E-state index in [0.717, 1.165) is 24.9 Å². The smallest absolute Gasteiger partial charge is 0.292 e. The zero-order valence-electron chi connectivity index (χ0n) is 14.1. The van der Waals surface area contributed by atoms with Crippen LogP contribution < -0.4 is 4.74 Å². The van der Waals surface area contributed by atoms with E-state index in [2.05, 4.69) is 42.8 Å². The van der Waals surface area contributed by atoms with Crippen molar-refractivity contribution in [1.82, 2.24) is 4.90 Å². The maximum atomic E-state index is 6.42. The van der Waals surface area contributed by atoms with Gasteiger partial charge >= 0.3 is 0 Å². The molecule has 1 saturated heterocycles. The lowest BCUT2D eigenvalue weighted by Crippen LogP contribution is -2.44. The summed E-state index contributed by atoms with van der Waals surface area (Å²) in [6.07, 6.45) is 7.47. The molecule has 1 aromatic rings. The molecule has 0 saturated carbocycles. The second-order valence-electron chi connectivity index (χ2n) is 7.25. The molecular weight excluding hydrogens is 288 g/mol. The van der Waals surface area contributed by atoms with Gasteiger partial charge in [0.2, 0.25) is 0 Å². The number of ether oxygens (including phenoxy) is 2. The van der Waals surface area contributed by atoms with Gasteiger partial charge in [0.25, 0.3) is 6.02 Å². The number of hydrogen-bond donors (Lipinski definition) is 0. The highest BCUT2D eigenvalue weighted by atomic mass is 16.6. The second-order valence-corrected chi connectivity index (χ2v) is 7.25. The topological polar surface area (TPSA) is 34.1 Å². The lowest BCUT2D eigenvalue weighted by Gasteiger charge is -2.31. The number of aliphatic imine (C=N–C) groups is 1. The van der Waals surface area contributed by atoms with Gasteiger partial charge in [0.05, 0.1) is 6.54 Å². The van der Waals surface area contributed by atoms with E-state index in [4.69, 9.17) is 9.47 Å². The number of rotatable bonds is 3. The molecule has 3 aliphatic rings. The predicted molar refractivity (Wildman–Crippen MR) is 90.9 cm³/mol. The molecule has 1 aliphatic carbocycles. The van der Waals surface area contributed by atoms with E-state index in [9.17, 15) is 0 Å². The van der Waals surface area contributed by atoms with Crippen LogP contribution in [-0.2, 0) is 17.6 Å². The van der Waals surface area contributed by atoms with Gasteiger partial charge < -0.3 is 14.4 Å². The number of benzene rings is 1. The summed E-state index contributed by atoms with van der Waals surface area (Å²) in [6, 6.07) is 5.25. The zero-order valence-corrected chi connectivity index (χ0v) is 14.1. The number of nitrogens with zero attached hydrogens (tertiary/aromatic N) is 2. The molecule has 2 heterocycles. The maximum Gasteiger partial charge on any atom is 0.292 e. The summed E-state index contributed by atoms with van der Waals surface area (Å²) in [5, 5.41) is 0. The first-order chi connectivity index (χ1) is 11.0. The van der Waals surface area contributed by atoms with Crippen LogP contribution in [0.1, 0.15) is 37.0 Å². The van der Waals surface area contributed by atoms with Gasteiger partial charge in [-0.2, -0.15) is 0 Å². The third-order valence-corrected chi connectivity index (χ3v) is 5.06. The van der Waals surface area contributed by atoms with E-state index in [1.54, 1.807) is 0 Å². The largest absolute Gasteiger partial charge is 0.484 e. The highest BCUT2D eigenvalue weighted by molar-refractivity contribution is 5.77. The van der Waals surface area contributed by atoms with Gasteiger partial charge in [-0.05, 0) is 68.9 Å². The maximum absolute atomic E-state index is 6.42. The van der Waals surface area contributed by atoms with Gasteiger partial charge in [-0.3, -0.25) is 0 Å². The minimum atomic E-state index is -0.405. The van der Waals surface area contributed by atoms with Crippen molar-refractivity contribution in [2.24, 2.45) is 4.99 Å². The van der Waals surface area contributed by atoms with Crippen LogP contribution in [0.5, 0.6) is 5.75 Å². The van der Waals surface area contributed by atoms with E-state index >= 15 is 0 Å². The fourth-order valence-electron chi connectivity index (χ4n) is 3.62. The number of amidine groups is 1. The highest BCUT2D eigenvalue weighted by Crippen LogP contribution is 2.34. The quantitative estimate of drug-likeness (QED) is 0.859. The monoisotopic (exact) mass is 312 g/mol. The summed E-state index contributed by atoms with van der Waals surface area (Å²) in [7, 11) is 0. The van der Waals surface area contributed by atoms with Crippen LogP contribution in [0.15, 0.2) is 29.4 Å². The highest BCUT2D eigenvalue weighted by Gasteiger charge is 2.42. The predicted octanol–water partition coefficient (Wildman–Crippen LogP) is 3.23. The molecule has 0 unspecified atom stereocenters. The lowest BCUT2D eigenvalue weighted by molar-refractivity contribution is -0.00400. The molecule has 2 aliphatic heterocycles. The van der Waals surface area contributed by atoms with Crippen molar-refractivity contribution in [3.05, 3.63) is 41.1 Å². The Morgan fingerprint density at radius 3 is 2.83 bits per heavy atom. The first kappa shape index (κ1) is 14.6. The van der Waals surface area contributed by atoms with Crippen molar-refractivity contribution in [2.75, 3.05) is 13.1 Å². The molecule has 0 amide bonds. The van der Waals surface area contributed by atoms with Crippen molar-refractivity contribution in [3.63, 3.8) is 0 Å². The first-order valence-corrected chi connectivity index (χ1v) is 8.49. The minimum absolute atomic E-state index is 0.0196. The van der Waals surface area contributed by atoms with Crippen LogP contribution in [-0.4, -0.2) is 35.7 Å². The standard InChI is InChI=1S/C19H24N2O2/c1-13-10-14-6-4-7-15(14)11-16(13)23-19(2,3)17-12-21-9-5-8-20-18(21)22-17/h5,8,10-11,17H,4,6-7,9,12H2,1-3H3/t17-/m0/s1.